The largest absolute Gasteiger partial charge is 0.466 e. The summed E-state index contributed by atoms with van der Waals surface area (Å²) in [4.78, 5) is 23.5. The highest BCUT2D eigenvalue weighted by molar-refractivity contribution is 5.83. The van der Waals surface area contributed by atoms with Gasteiger partial charge in [-0.05, 0) is 25.7 Å². The monoisotopic (exact) mass is 254 g/mol. The van der Waals surface area contributed by atoms with Gasteiger partial charge in [0, 0.05) is 18.3 Å². The molecule has 0 radical (unpaired) electrons. The van der Waals surface area contributed by atoms with Crippen LogP contribution >= 0.6 is 0 Å². The van der Waals surface area contributed by atoms with E-state index in [1.165, 1.54) is 19.3 Å². The third kappa shape index (κ3) is 5.19. The van der Waals surface area contributed by atoms with Crippen LogP contribution in [0.15, 0.2) is 0 Å². The van der Waals surface area contributed by atoms with Crippen LogP contribution in [0.3, 0.4) is 0 Å². The molecule has 0 heterocycles. The predicted octanol–water partition coefficient (Wildman–Crippen LogP) is 3.51. The first-order chi connectivity index (χ1) is 8.65. The fraction of sp³-hybridized carbons (Fsp3) is 0.867. The minimum Gasteiger partial charge on any atom is -0.466 e. The fourth-order valence-corrected chi connectivity index (χ4v) is 2.55. The van der Waals surface area contributed by atoms with Crippen LogP contribution in [0.5, 0.6) is 0 Å². The Morgan fingerprint density at radius 1 is 1.22 bits per heavy atom. The van der Waals surface area contributed by atoms with Crippen molar-refractivity contribution in [3.8, 4) is 0 Å². The average Bonchev–Trinajstić information content (AvgIpc) is 2.42. The van der Waals surface area contributed by atoms with E-state index in [9.17, 15) is 9.59 Å². The van der Waals surface area contributed by atoms with E-state index >= 15 is 0 Å². The first-order valence-corrected chi connectivity index (χ1v) is 7.34. The van der Waals surface area contributed by atoms with E-state index in [0.717, 1.165) is 19.3 Å². The number of hydrogen-bond acceptors (Lipinski definition) is 3. The second kappa shape index (κ2) is 8.28. The molecule has 1 rings (SSSR count). The SMILES string of the molecule is CCCOC(=O)CCC(C)C(=O)C1CCCCC1. The Kier molecular flexibility index (Phi) is 6.99. The molecule has 1 unspecified atom stereocenters. The highest BCUT2D eigenvalue weighted by atomic mass is 16.5. The fourth-order valence-electron chi connectivity index (χ4n) is 2.55. The van der Waals surface area contributed by atoms with Crippen molar-refractivity contribution in [2.45, 2.75) is 65.2 Å². The molecule has 3 heteroatoms. The zero-order chi connectivity index (χ0) is 13.4. The normalized spacial score (nSPS) is 18.3. The maximum absolute atomic E-state index is 12.2. The van der Waals surface area contributed by atoms with Gasteiger partial charge in [0.1, 0.15) is 5.78 Å². The van der Waals surface area contributed by atoms with Crippen LogP contribution in [0.4, 0.5) is 0 Å². The third-order valence-corrected chi connectivity index (χ3v) is 3.74. The molecule has 1 aliphatic rings. The molecule has 1 aliphatic carbocycles. The summed E-state index contributed by atoms with van der Waals surface area (Å²) in [6.45, 7) is 4.41. The van der Waals surface area contributed by atoms with Crippen molar-refractivity contribution in [1.29, 1.82) is 0 Å². The lowest BCUT2D eigenvalue weighted by molar-refractivity contribution is -0.144. The lowest BCUT2D eigenvalue weighted by Crippen LogP contribution is -2.24. The number of carbonyl (C=O) groups excluding carboxylic acids is 2. The molecular weight excluding hydrogens is 228 g/mol. The van der Waals surface area contributed by atoms with Crippen molar-refractivity contribution < 1.29 is 14.3 Å². The van der Waals surface area contributed by atoms with Crippen LogP contribution in [-0.2, 0) is 14.3 Å². The Bertz CT molecular complexity index is 267. The Labute approximate surface area is 110 Å². The van der Waals surface area contributed by atoms with E-state index in [4.69, 9.17) is 4.74 Å². The molecule has 0 amide bonds. The quantitative estimate of drug-likeness (QED) is 0.653. The summed E-state index contributed by atoms with van der Waals surface area (Å²) in [6.07, 6.45) is 7.58. The summed E-state index contributed by atoms with van der Waals surface area (Å²) >= 11 is 0. The maximum atomic E-state index is 12.2. The second-order valence-corrected chi connectivity index (χ2v) is 5.40. The van der Waals surface area contributed by atoms with E-state index in [-0.39, 0.29) is 17.8 Å². The molecule has 104 valence electrons. The van der Waals surface area contributed by atoms with Gasteiger partial charge in [0.2, 0.25) is 0 Å². The van der Waals surface area contributed by atoms with Crippen molar-refractivity contribution in [3.63, 3.8) is 0 Å². The van der Waals surface area contributed by atoms with Gasteiger partial charge in [0.25, 0.3) is 0 Å². The Morgan fingerprint density at radius 2 is 1.89 bits per heavy atom. The van der Waals surface area contributed by atoms with E-state index in [1.807, 2.05) is 13.8 Å². The van der Waals surface area contributed by atoms with Gasteiger partial charge in [0.15, 0.2) is 0 Å². The van der Waals surface area contributed by atoms with Crippen molar-refractivity contribution in [2.75, 3.05) is 6.61 Å². The molecule has 0 bridgehead atoms. The lowest BCUT2D eigenvalue weighted by atomic mass is 9.81. The minimum atomic E-state index is -0.167. The van der Waals surface area contributed by atoms with Crippen LogP contribution in [0.2, 0.25) is 0 Å². The summed E-state index contributed by atoms with van der Waals surface area (Å²) in [5.41, 5.74) is 0. The molecule has 1 saturated carbocycles. The van der Waals surface area contributed by atoms with Gasteiger partial charge < -0.3 is 4.74 Å². The zero-order valence-electron chi connectivity index (χ0n) is 11.7. The van der Waals surface area contributed by atoms with Gasteiger partial charge in [-0.15, -0.1) is 0 Å². The molecule has 0 spiro atoms. The summed E-state index contributed by atoms with van der Waals surface area (Å²) in [6, 6.07) is 0. The Morgan fingerprint density at radius 3 is 2.50 bits per heavy atom. The smallest absolute Gasteiger partial charge is 0.305 e. The van der Waals surface area contributed by atoms with Crippen molar-refractivity contribution in [2.24, 2.45) is 11.8 Å². The van der Waals surface area contributed by atoms with Crippen molar-refractivity contribution in [3.05, 3.63) is 0 Å². The average molecular weight is 254 g/mol. The van der Waals surface area contributed by atoms with Crippen molar-refractivity contribution in [1.82, 2.24) is 0 Å². The number of carbonyl (C=O) groups is 2. The zero-order valence-corrected chi connectivity index (χ0v) is 11.7. The van der Waals surface area contributed by atoms with Gasteiger partial charge in [-0.2, -0.15) is 0 Å². The number of Topliss-reactive ketones (excluding diaryl/α,β-unsaturated/α-hetero) is 1. The van der Waals surface area contributed by atoms with Crippen LogP contribution in [-0.4, -0.2) is 18.4 Å². The number of esters is 1. The third-order valence-electron chi connectivity index (χ3n) is 3.74. The van der Waals surface area contributed by atoms with Crippen LogP contribution < -0.4 is 0 Å². The molecular formula is C15H26O3. The van der Waals surface area contributed by atoms with E-state index in [1.54, 1.807) is 0 Å². The summed E-state index contributed by atoms with van der Waals surface area (Å²) in [7, 11) is 0. The lowest BCUT2D eigenvalue weighted by Gasteiger charge is -2.23. The molecule has 0 N–H and O–H groups in total. The molecule has 1 fully saturated rings. The van der Waals surface area contributed by atoms with Crippen LogP contribution in [0, 0.1) is 11.8 Å². The molecule has 0 aromatic rings. The summed E-state index contributed by atoms with van der Waals surface area (Å²) < 4.78 is 5.02. The molecule has 1 atom stereocenters. The minimum absolute atomic E-state index is 0.00211. The first kappa shape index (κ1) is 15.2. The number of ether oxygens (including phenoxy) is 1. The number of hydrogen-bond donors (Lipinski definition) is 0. The van der Waals surface area contributed by atoms with E-state index < -0.39 is 0 Å². The highest BCUT2D eigenvalue weighted by Gasteiger charge is 2.25. The summed E-state index contributed by atoms with van der Waals surface area (Å²) in [5.74, 6) is 0.445. The molecule has 3 nitrogen and oxygen atoms in total. The topological polar surface area (TPSA) is 43.4 Å². The van der Waals surface area contributed by atoms with E-state index in [0.29, 0.717) is 25.2 Å². The maximum Gasteiger partial charge on any atom is 0.305 e. The number of rotatable bonds is 7. The van der Waals surface area contributed by atoms with Gasteiger partial charge in [-0.25, -0.2) is 0 Å². The van der Waals surface area contributed by atoms with Crippen LogP contribution in [0.25, 0.3) is 0 Å². The first-order valence-electron chi connectivity index (χ1n) is 7.34. The molecule has 0 aliphatic heterocycles. The van der Waals surface area contributed by atoms with Gasteiger partial charge in [0.05, 0.1) is 6.61 Å². The molecule has 0 aromatic heterocycles. The predicted molar refractivity (Wildman–Crippen MR) is 71.2 cm³/mol. The van der Waals surface area contributed by atoms with Gasteiger partial charge in [-0.1, -0.05) is 33.1 Å². The molecule has 18 heavy (non-hydrogen) atoms. The molecule has 0 aromatic carbocycles. The van der Waals surface area contributed by atoms with Crippen LogP contribution in [0.1, 0.15) is 65.2 Å². The van der Waals surface area contributed by atoms with Gasteiger partial charge in [-0.3, -0.25) is 9.59 Å². The summed E-state index contributed by atoms with van der Waals surface area (Å²) in [5, 5.41) is 0. The highest BCUT2D eigenvalue weighted by Crippen LogP contribution is 2.27. The number of ketones is 1. The van der Waals surface area contributed by atoms with Crippen molar-refractivity contribution >= 4 is 11.8 Å². The Hall–Kier alpha value is -0.860. The van der Waals surface area contributed by atoms with Gasteiger partial charge >= 0.3 is 5.97 Å². The standard InChI is InChI=1S/C15H26O3/c1-3-11-18-14(16)10-9-12(2)15(17)13-7-5-4-6-8-13/h12-13H,3-11H2,1-2H3. The van der Waals surface area contributed by atoms with E-state index in [2.05, 4.69) is 0 Å². The Balaban J connectivity index is 2.24. The second-order valence-electron chi connectivity index (χ2n) is 5.40. The molecule has 0 saturated heterocycles.